The summed E-state index contributed by atoms with van der Waals surface area (Å²) in [5.74, 6) is 0.715. The molecule has 0 atom stereocenters. The third kappa shape index (κ3) is 5.11. The van der Waals surface area contributed by atoms with E-state index in [1.165, 1.54) is 0 Å². The molecule has 0 unspecified atom stereocenters. The molecule has 6 heteroatoms. The van der Waals surface area contributed by atoms with Crippen molar-refractivity contribution in [2.24, 2.45) is 5.92 Å². The van der Waals surface area contributed by atoms with Crippen molar-refractivity contribution < 1.29 is 13.5 Å². The van der Waals surface area contributed by atoms with Gasteiger partial charge in [0, 0.05) is 6.54 Å². The van der Waals surface area contributed by atoms with Crippen LogP contribution >= 0.6 is 0 Å². The van der Waals surface area contributed by atoms with Crippen LogP contribution in [0.4, 0.5) is 0 Å². The SMILES string of the molecule is O=S(=O)(CC1CCNCC1)NCCc1ccc(O)cc1. The fourth-order valence-electron chi connectivity index (χ4n) is 2.43. The van der Waals surface area contributed by atoms with Crippen LogP contribution in [0.5, 0.6) is 5.75 Å². The van der Waals surface area contributed by atoms with Crippen LogP contribution in [-0.4, -0.2) is 38.9 Å². The van der Waals surface area contributed by atoms with E-state index in [2.05, 4.69) is 10.0 Å². The number of aromatic hydroxyl groups is 1. The van der Waals surface area contributed by atoms with Gasteiger partial charge in [-0.25, -0.2) is 13.1 Å². The summed E-state index contributed by atoms with van der Waals surface area (Å²) in [6, 6.07) is 6.82. The molecule has 112 valence electrons. The topological polar surface area (TPSA) is 78.4 Å². The maximum atomic E-state index is 12.0. The normalized spacial score (nSPS) is 17.2. The van der Waals surface area contributed by atoms with Crippen LogP contribution in [0.15, 0.2) is 24.3 Å². The Kier molecular flexibility index (Phi) is 5.39. The molecule has 1 saturated heterocycles. The highest BCUT2D eigenvalue weighted by Crippen LogP contribution is 2.14. The Morgan fingerprint density at radius 2 is 1.85 bits per heavy atom. The quantitative estimate of drug-likeness (QED) is 0.728. The molecule has 0 amide bonds. The molecular weight excluding hydrogens is 276 g/mol. The van der Waals surface area contributed by atoms with Crippen LogP contribution in [0.25, 0.3) is 0 Å². The molecule has 0 bridgehead atoms. The summed E-state index contributed by atoms with van der Waals surface area (Å²) >= 11 is 0. The van der Waals surface area contributed by atoms with Gasteiger partial charge in [-0.3, -0.25) is 0 Å². The van der Waals surface area contributed by atoms with Gasteiger partial charge in [0.2, 0.25) is 10.0 Å². The molecule has 1 fully saturated rings. The average molecular weight is 298 g/mol. The Balaban J connectivity index is 1.75. The Bertz CT molecular complexity index is 508. The van der Waals surface area contributed by atoms with Gasteiger partial charge in [0.05, 0.1) is 5.75 Å². The third-order valence-electron chi connectivity index (χ3n) is 3.59. The van der Waals surface area contributed by atoms with Crippen molar-refractivity contribution in [1.29, 1.82) is 0 Å². The molecule has 1 aromatic carbocycles. The van der Waals surface area contributed by atoms with E-state index in [1.807, 2.05) is 0 Å². The summed E-state index contributed by atoms with van der Waals surface area (Å²) < 4.78 is 26.6. The van der Waals surface area contributed by atoms with Crippen LogP contribution in [0.3, 0.4) is 0 Å². The summed E-state index contributed by atoms with van der Waals surface area (Å²) in [6.45, 7) is 2.22. The highest BCUT2D eigenvalue weighted by Gasteiger charge is 2.20. The molecule has 2 rings (SSSR count). The maximum absolute atomic E-state index is 12.0. The van der Waals surface area contributed by atoms with E-state index < -0.39 is 10.0 Å². The van der Waals surface area contributed by atoms with E-state index in [1.54, 1.807) is 24.3 Å². The fraction of sp³-hybridized carbons (Fsp3) is 0.571. The first-order valence-corrected chi connectivity index (χ1v) is 8.66. The van der Waals surface area contributed by atoms with Crippen LogP contribution in [0.1, 0.15) is 18.4 Å². The molecule has 20 heavy (non-hydrogen) atoms. The maximum Gasteiger partial charge on any atom is 0.211 e. The number of phenols is 1. The Hall–Kier alpha value is -1.11. The highest BCUT2D eigenvalue weighted by atomic mass is 32.2. The Labute approximate surface area is 120 Å². The van der Waals surface area contributed by atoms with E-state index in [9.17, 15) is 13.5 Å². The van der Waals surface area contributed by atoms with Crippen molar-refractivity contribution in [2.75, 3.05) is 25.4 Å². The molecule has 0 spiro atoms. The summed E-state index contributed by atoms with van der Waals surface area (Å²) in [4.78, 5) is 0. The second-order valence-corrected chi connectivity index (χ2v) is 7.14. The lowest BCUT2D eigenvalue weighted by atomic mass is 10.0. The van der Waals surface area contributed by atoms with Crippen LogP contribution in [0.2, 0.25) is 0 Å². The lowest BCUT2D eigenvalue weighted by molar-refractivity contribution is 0.400. The molecule has 3 N–H and O–H groups in total. The Morgan fingerprint density at radius 3 is 2.50 bits per heavy atom. The third-order valence-corrected chi connectivity index (χ3v) is 5.14. The second-order valence-electron chi connectivity index (χ2n) is 5.29. The molecule has 1 aliphatic heterocycles. The molecular formula is C14H22N2O3S. The first-order valence-electron chi connectivity index (χ1n) is 7.01. The van der Waals surface area contributed by atoms with E-state index in [-0.39, 0.29) is 17.4 Å². The lowest BCUT2D eigenvalue weighted by Gasteiger charge is -2.22. The summed E-state index contributed by atoms with van der Waals surface area (Å²) in [5.41, 5.74) is 1.01. The standard InChI is InChI=1S/C14H22N2O3S/c17-14-3-1-12(2-4-14)7-10-16-20(18,19)11-13-5-8-15-9-6-13/h1-4,13,15-17H,5-11H2. The number of nitrogens with one attached hydrogen (secondary N) is 2. The van der Waals surface area contributed by atoms with Gasteiger partial charge in [0.15, 0.2) is 0 Å². The number of rotatable bonds is 6. The summed E-state index contributed by atoms with van der Waals surface area (Å²) in [6.07, 6.45) is 2.49. The smallest absolute Gasteiger partial charge is 0.211 e. The van der Waals surface area contributed by atoms with Gasteiger partial charge in [0.1, 0.15) is 5.75 Å². The molecule has 1 aliphatic rings. The van der Waals surface area contributed by atoms with E-state index in [0.29, 0.717) is 13.0 Å². The monoisotopic (exact) mass is 298 g/mol. The van der Waals surface area contributed by atoms with Gasteiger partial charge in [-0.15, -0.1) is 0 Å². The zero-order valence-electron chi connectivity index (χ0n) is 11.5. The predicted octanol–water partition coefficient (Wildman–Crippen LogP) is 0.854. The highest BCUT2D eigenvalue weighted by molar-refractivity contribution is 7.89. The van der Waals surface area contributed by atoms with Crippen molar-refractivity contribution in [1.82, 2.24) is 10.0 Å². The lowest BCUT2D eigenvalue weighted by Crippen LogP contribution is -2.36. The first kappa shape index (κ1) is 15.3. The number of piperidine rings is 1. The Morgan fingerprint density at radius 1 is 1.20 bits per heavy atom. The van der Waals surface area contributed by atoms with Crippen molar-refractivity contribution >= 4 is 10.0 Å². The first-order chi connectivity index (χ1) is 9.55. The number of phenolic OH excluding ortho intramolecular Hbond substituents is 1. The molecule has 5 nitrogen and oxygen atoms in total. The van der Waals surface area contributed by atoms with Crippen LogP contribution < -0.4 is 10.0 Å². The zero-order valence-corrected chi connectivity index (χ0v) is 12.3. The van der Waals surface area contributed by atoms with Gasteiger partial charge in [-0.1, -0.05) is 12.1 Å². The van der Waals surface area contributed by atoms with Crippen LogP contribution in [-0.2, 0) is 16.4 Å². The van der Waals surface area contributed by atoms with Gasteiger partial charge in [-0.05, 0) is 56.0 Å². The number of sulfonamides is 1. The van der Waals surface area contributed by atoms with Gasteiger partial charge in [-0.2, -0.15) is 0 Å². The second kappa shape index (κ2) is 7.06. The molecule has 1 heterocycles. The van der Waals surface area contributed by atoms with E-state index in [4.69, 9.17) is 0 Å². The molecule has 0 aliphatic carbocycles. The summed E-state index contributed by atoms with van der Waals surface area (Å²) in [7, 11) is -3.19. The number of hydrogen-bond acceptors (Lipinski definition) is 4. The van der Waals surface area contributed by atoms with Gasteiger partial charge >= 0.3 is 0 Å². The minimum Gasteiger partial charge on any atom is -0.508 e. The zero-order chi connectivity index (χ0) is 14.4. The number of benzene rings is 1. The van der Waals surface area contributed by atoms with E-state index in [0.717, 1.165) is 31.5 Å². The minimum absolute atomic E-state index is 0.222. The minimum atomic E-state index is -3.19. The van der Waals surface area contributed by atoms with Crippen molar-refractivity contribution in [3.63, 3.8) is 0 Å². The van der Waals surface area contributed by atoms with Crippen molar-refractivity contribution in [3.8, 4) is 5.75 Å². The largest absolute Gasteiger partial charge is 0.508 e. The van der Waals surface area contributed by atoms with Crippen molar-refractivity contribution in [2.45, 2.75) is 19.3 Å². The van der Waals surface area contributed by atoms with Crippen LogP contribution in [0, 0.1) is 5.92 Å². The fourth-order valence-corrected chi connectivity index (χ4v) is 3.92. The molecule has 0 aromatic heterocycles. The predicted molar refractivity (Wildman–Crippen MR) is 79.2 cm³/mol. The average Bonchev–Trinajstić information content (AvgIpc) is 2.41. The molecule has 1 aromatic rings. The molecule has 0 radical (unpaired) electrons. The molecule has 0 saturated carbocycles. The van der Waals surface area contributed by atoms with Gasteiger partial charge < -0.3 is 10.4 Å². The van der Waals surface area contributed by atoms with Gasteiger partial charge in [0.25, 0.3) is 0 Å². The van der Waals surface area contributed by atoms with Crippen molar-refractivity contribution in [3.05, 3.63) is 29.8 Å². The van der Waals surface area contributed by atoms with E-state index >= 15 is 0 Å². The summed E-state index contributed by atoms with van der Waals surface area (Å²) in [5, 5.41) is 12.4. The number of hydrogen-bond donors (Lipinski definition) is 3.